The first-order valence-corrected chi connectivity index (χ1v) is 6.57. The molecule has 1 heterocycles. The number of benzene rings is 1. The fraction of sp³-hybridized carbons (Fsp3) is 0.571. The fourth-order valence-electron chi connectivity index (χ4n) is 2.31. The summed E-state index contributed by atoms with van der Waals surface area (Å²) in [6, 6.07) is 6.81. The summed E-state index contributed by atoms with van der Waals surface area (Å²) in [4.78, 5) is 2.15. The maximum atomic E-state index is 13.9. The Morgan fingerprint density at radius 1 is 1.28 bits per heavy atom. The molecule has 0 saturated carbocycles. The minimum atomic E-state index is -2.71. The Morgan fingerprint density at radius 2 is 2.00 bits per heavy atom. The molecule has 1 saturated heterocycles. The first kappa shape index (κ1) is 13.3. The van der Waals surface area contributed by atoms with E-state index in [-0.39, 0.29) is 12.0 Å². The lowest BCUT2D eigenvalue weighted by atomic mass is 10.0. The minimum Gasteiger partial charge on any atom is -0.369 e. The van der Waals surface area contributed by atoms with Gasteiger partial charge >= 0.3 is 0 Å². The quantitative estimate of drug-likeness (QED) is 0.888. The molecule has 2 rings (SSSR count). The number of halogens is 2. The van der Waals surface area contributed by atoms with Crippen LogP contribution in [0.4, 0.5) is 14.5 Å². The summed E-state index contributed by atoms with van der Waals surface area (Å²) in [5.41, 5.74) is 1.05. The van der Waals surface area contributed by atoms with Crippen LogP contribution in [-0.2, 0) is 5.92 Å². The van der Waals surface area contributed by atoms with Crippen molar-refractivity contribution >= 4 is 5.69 Å². The predicted octanol–water partition coefficient (Wildman–Crippen LogP) is 2.99. The van der Waals surface area contributed by atoms with E-state index < -0.39 is 5.92 Å². The van der Waals surface area contributed by atoms with Crippen LogP contribution in [0.2, 0.25) is 0 Å². The van der Waals surface area contributed by atoms with Crippen molar-refractivity contribution in [1.82, 2.24) is 5.32 Å². The van der Waals surface area contributed by atoms with Crippen molar-refractivity contribution < 1.29 is 8.78 Å². The Labute approximate surface area is 107 Å². The molecule has 2 nitrogen and oxygen atoms in total. The third-order valence-corrected chi connectivity index (χ3v) is 3.31. The number of nitrogens with one attached hydrogen (secondary N) is 1. The van der Waals surface area contributed by atoms with Crippen molar-refractivity contribution in [2.24, 2.45) is 0 Å². The van der Waals surface area contributed by atoms with E-state index in [1.165, 1.54) is 6.07 Å². The Morgan fingerprint density at radius 3 is 2.67 bits per heavy atom. The van der Waals surface area contributed by atoms with Crippen molar-refractivity contribution in [1.29, 1.82) is 0 Å². The van der Waals surface area contributed by atoms with Gasteiger partial charge in [0.2, 0.25) is 0 Å². The second-order valence-electron chi connectivity index (χ2n) is 4.74. The maximum Gasteiger partial charge on any atom is 0.273 e. The summed E-state index contributed by atoms with van der Waals surface area (Å²) in [5, 5.41) is 3.26. The maximum absolute atomic E-state index is 13.9. The molecule has 1 aromatic rings. The lowest BCUT2D eigenvalue weighted by molar-refractivity contribution is -0.0139. The van der Waals surface area contributed by atoms with Crippen LogP contribution in [0.15, 0.2) is 24.3 Å². The van der Waals surface area contributed by atoms with Gasteiger partial charge in [0.15, 0.2) is 0 Å². The summed E-state index contributed by atoms with van der Waals surface area (Å²) in [6.45, 7) is 5.37. The lowest BCUT2D eigenvalue weighted by Gasteiger charge is -2.30. The molecule has 4 heteroatoms. The van der Waals surface area contributed by atoms with Crippen LogP contribution < -0.4 is 10.2 Å². The van der Waals surface area contributed by atoms with Gasteiger partial charge in [-0.2, -0.15) is 0 Å². The second-order valence-corrected chi connectivity index (χ2v) is 4.74. The van der Waals surface area contributed by atoms with E-state index in [2.05, 4.69) is 10.2 Å². The standard InChI is InChI=1S/C14H20F2N2/c1-2-6-14(15,16)12-4-3-5-13(11-12)18-9-7-17-8-10-18/h3-5,11,17H,2,6-10H2,1H3. The van der Waals surface area contributed by atoms with Gasteiger partial charge in [-0.05, 0) is 12.1 Å². The summed E-state index contributed by atoms with van der Waals surface area (Å²) < 4.78 is 27.7. The Balaban J connectivity index is 2.18. The molecule has 0 radical (unpaired) electrons. The molecule has 0 aromatic heterocycles. The number of piperazine rings is 1. The third kappa shape index (κ3) is 2.99. The normalized spacial score (nSPS) is 16.9. The Bertz CT molecular complexity index is 387. The van der Waals surface area contributed by atoms with E-state index in [0.717, 1.165) is 31.9 Å². The molecule has 1 aliphatic heterocycles. The smallest absolute Gasteiger partial charge is 0.273 e. The summed E-state index contributed by atoms with van der Waals surface area (Å²) in [6.07, 6.45) is 0.406. The zero-order valence-corrected chi connectivity index (χ0v) is 10.8. The van der Waals surface area contributed by atoms with Gasteiger partial charge in [0, 0.05) is 43.9 Å². The van der Waals surface area contributed by atoms with Crippen molar-refractivity contribution in [3.05, 3.63) is 29.8 Å². The van der Waals surface area contributed by atoms with Gasteiger partial charge in [-0.15, -0.1) is 0 Å². The molecule has 1 aromatic carbocycles. The van der Waals surface area contributed by atoms with Crippen LogP contribution in [-0.4, -0.2) is 26.2 Å². The highest BCUT2D eigenvalue weighted by molar-refractivity contribution is 5.50. The molecule has 0 aliphatic carbocycles. The average molecular weight is 254 g/mol. The van der Waals surface area contributed by atoms with Crippen LogP contribution in [0.5, 0.6) is 0 Å². The van der Waals surface area contributed by atoms with Gasteiger partial charge in [-0.25, -0.2) is 8.78 Å². The highest BCUT2D eigenvalue weighted by atomic mass is 19.3. The second kappa shape index (κ2) is 5.65. The van der Waals surface area contributed by atoms with E-state index in [4.69, 9.17) is 0 Å². The predicted molar refractivity (Wildman–Crippen MR) is 70.3 cm³/mol. The van der Waals surface area contributed by atoms with E-state index >= 15 is 0 Å². The topological polar surface area (TPSA) is 15.3 Å². The number of hydrogen-bond donors (Lipinski definition) is 1. The molecule has 0 bridgehead atoms. The highest BCUT2D eigenvalue weighted by Gasteiger charge is 2.30. The minimum absolute atomic E-state index is 0.0853. The van der Waals surface area contributed by atoms with Gasteiger partial charge < -0.3 is 10.2 Å². The fourth-order valence-corrected chi connectivity index (χ4v) is 2.31. The molecule has 18 heavy (non-hydrogen) atoms. The third-order valence-electron chi connectivity index (χ3n) is 3.31. The van der Waals surface area contributed by atoms with E-state index in [0.29, 0.717) is 6.42 Å². The van der Waals surface area contributed by atoms with Crippen molar-refractivity contribution in [3.8, 4) is 0 Å². The van der Waals surface area contributed by atoms with Crippen LogP contribution in [0.3, 0.4) is 0 Å². The van der Waals surface area contributed by atoms with Crippen molar-refractivity contribution in [2.75, 3.05) is 31.1 Å². The van der Waals surface area contributed by atoms with Gasteiger partial charge in [0.25, 0.3) is 5.92 Å². The van der Waals surface area contributed by atoms with E-state index in [9.17, 15) is 8.78 Å². The largest absolute Gasteiger partial charge is 0.369 e. The number of anilines is 1. The Kier molecular flexibility index (Phi) is 4.17. The molecular weight excluding hydrogens is 234 g/mol. The van der Waals surface area contributed by atoms with E-state index in [1.54, 1.807) is 19.1 Å². The monoisotopic (exact) mass is 254 g/mol. The molecule has 1 aliphatic rings. The van der Waals surface area contributed by atoms with Gasteiger partial charge in [-0.3, -0.25) is 0 Å². The molecule has 0 unspecified atom stereocenters. The number of nitrogens with zero attached hydrogens (tertiary/aromatic N) is 1. The summed E-state index contributed by atoms with van der Waals surface area (Å²) in [7, 11) is 0. The van der Waals surface area contributed by atoms with Gasteiger partial charge in [0.05, 0.1) is 0 Å². The van der Waals surface area contributed by atoms with Crippen molar-refractivity contribution in [3.63, 3.8) is 0 Å². The molecular formula is C14H20F2N2. The lowest BCUT2D eigenvalue weighted by Crippen LogP contribution is -2.43. The number of alkyl halides is 2. The molecule has 1 N–H and O–H groups in total. The van der Waals surface area contributed by atoms with Gasteiger partial charge in [0.1, 0.15) is 0 Å². The molecule has 100 valence electrons. The van der Waals surface area contributed by atoms with Crippen LogP contribution >= 0.6 is 0 Å². The van der Waals surface area contributed by atoms with Crippen molar-refractivity contribution in [2.45, 2.75) is 25.7 Å². The first-order valence-electron chi connectivity index (χ1n) is 6.57. The zero-order chi connectivity index (χ0) is 13.0. The number of hydrogen-bond acceptors (Lipinski definition) is 2. The highest BCUT2D eigenvalue weighted by Crippen LogP contribution is 2.34. The SMILES string of the molecule is CCCC(F)(F)c1cccc(N2CCNCC2)c1. The summed E-state index contributed by atoms with van der Waals surface area (Å²) >= 11 is 0. The molecule has 0 amide bonds. The molecule has 0 atom stereocenters. The van der Waals surface area contributed by atoms with Gasteiger partial charge in [-0.1, -0.05) is 25.5 Å². The molecule has 1 fully saturated rings. The first-order chi connectivity index (χ1) is 8.63. The zero-order valence-electron chi connectivity index (χ0n) is 10.8. The van der Waals surface area contributed by atoms with E-state index in [1.807, 2.05) is 6.07 Å². The average Bonchev–Trinajstić information content (AvgIpc) is 2.40. The van der Waals surface area contributed by atoms with Crippen LogP contribution in [0.25, 0.3) is 0 Å². The van der Waals surface area contributed by atoms with Crippen LogP contribution in [0, 0.1) is 0 Å². The molecule has 0 spiro atoms. The number of rotatable bonds is 4. The van der Waals surface area contributed by atoms with Crippen LogP contribution in [0.1, 0.15) is 25.3 Å². The Hall–Kier alpha value is -1.16. The summed E-state index contributed by atoms with van der Waals surface area (Å²) in [5.74, 6) is -2.71.